The number of rotatable bonds is 1. The molecular formula is C11H9IO2. The second kappa shape index (κ2) is 3.73. The lowest BCUT2D eigenvalue weighted by Crippen LogP contribution is -2.04. The van der Waals surface area contributed by atoms with E-state index >= 15 is 0 Å². The summed E-state index contributed by atoms with van der Waals surface area (Å²) in [6, 6.07) is 5.74. The van der Waals surface area contributed by atoms with Gasteiger partial charge < -0.3 is 4.42 Å². The van der Waals surface area contributed by atoms with Gasteiger partial charge in [-0.25, -0.2) is 0 Å². The van der Waals surface area contributed by atoms with Crippen LogP contribution in [0.4, 0.5) is 0 Å². The Labute approximate surface area is 95.1 Å². The first-order valence-corrected chi connectivity index (χ1v) is 5.50. The molecule has 1 aromatic heterocycles. The molecule has 0 radical (unpaired) electrons. The third-order valence-corrected chi connectivity index (χ3v) is 2.95. The van der Waals surface area contributed by atoms with Gasteiger partial charge in [0.2, 0.25) is 5.43 Å². The normalized spacial score (nSPS) is 10.7. The van der Waals surface area contributed by atoms with Gasteiger partial charge in [0.25, 0.3) is 0 Å². The van der Waals surface area contributed by atoms with E-state index in [9.17, 15) is 4.79 Å². The summed E-state index contributed by atoms with van der Waals surface area (Å²) in [4.78, 5) is 11.7. The van der Waals surface area contributed by atoms with E-state index in [4.69, 9.17) is 4.42 Å². The van der Waals surface area contributed by atoms with Crippen molar-refractivity contribution >= 4 is 33.6 Å². The molecule has 3 heteroatoms. The fourth-order valence-corrected chi connectivity index (χ4v) is 1.79. The van der Waals surface area contributed by atoms with Crippen molar-refractivity contribution < 1.29 is 4.42 Å². The number of halogens is 1. The maximum absolute atomic E-state index is 11.7. The van der Waals surface area contributed by atoms with Crippen LogP contribution in [0.25, 0.3) is 11.0 Å². The highest BCUT2D eigenvalue weighted by Gasteiger charge is 2.04. The number of fused-ring (bicyclic) bond motifs is 1. The lowest BCUT2D eigenvalue weighted by Gasteiger charge is -1.99. The summed E-state index contributed by atoms with van der Waals surface area (Å²) in [5, 5.41) is 0.677. The molecule has 2 aromatic rings. The summed E-state index contributed by atoms with van der Waals surface area (Å²) in [5.74, 6) is 0. The molecule has 1 heterocycles. The Kier molecular flexibility index (Phi) is 2.58. The third kappa shape index (κ3) is 1.56. The fraction of sp³-hybridized carbons (Fsp3) is 0.182. The Bertz CT molecular complexity index is 528. The maximum atomic E-state index is 11.7. The average Bonchev–Trinajstić information content (AvgIpc) is 2.23. The van der Waals surface area contributed by atoms with Crippen LogP contribution in [0.5, 0.6) is 0 Å². The first kappa shape index (κ1) is 9.71. The molecule has 0 fully saturated rings. The maximum Gasteiger partial charge on any atom is 0.205 e. The van der Waals surface area contributed by atoms with E-state index < -0.39 is 0 Å². The minimum Gasteiger partial charge on any atom is -0.463 e. The first-order valence-electron chi connectivity index (χ1n) is 4.42. The van der Waals surface area contributed by atoms with Crippen LogP contribution in [0.2, 0.25) is 0 Å². The van der Waals surface area contributed by atoms with Crippen LogP contribution in [0, 0.1) is 3.57 Å². The lowest BCUT2D eigenvalue weighted by molar-refractivity contribution is 0.598. The SMILES string of the molecule is CCc1ccc2occ(I)c(=O)c2c1. The van der Waals surface area contributed by atoms with Gasteiger partial charge in [0.15, 0.2) is 0 Å². The van der Waals surface area contributed by atoms with Gasteiger partial charge in [-0.1, -0.05) is 13.0 Å². The Hall–Kier alpha value is -0.840. The van der Waals surface area contributed by atoms with E-state index in [1.165, 1.54) is 6.26 Å². The van der Waals surface area contributed by atoms with Crippen molar-refractivity contribution in [3.8, 4) is 0 Å². The minimum absolute atomic E-state index is 0.0575. The molecule has 2 rings (SSSR count). The van der Waals surface area contributed by atoms with Crippen molar-refractivity contribution in [3.05, 3.63) is 43.8 Å². The molecule has 0 atom stereocenters. The molecule has 0 aliphatic carbocycles. The van der Waals surface area contributed by atoms with Gasteiger partial charge in [0, 0.05) is 0 Å². The number of benzene rings is 1. The quantitative estimate of drug-likeness (QED) is 0.758. The highest BCUT2D eigenvalue weighted by Crippen LogP contribution is 2.14. The molecular weight excluding hydrogens is 291 g/mol. The zero-order chi connectivity index (χ0) is 10.1. The van der Waals surface area contributed by atoms with Crippen LogP contribution in [0.1, 0.15) is 12.5 Å². The van der Waals surface area contributed by atoms with Gasteiger partial charge in [-0.3, -0.25) is 4.79 Å². The standard InChI is InChI=1S/C11H9IO2/c1-2-7-3-4-10-8(5-7)11(13)9(12)6-14-10/h3-6H,2H2,1H3. The summed E-state index contributed by atoms with van der Waals surface area (Å²) in [5.41, 5.74) is 1.88. The van der Waals surface area contributed by atoms with Crippen molar-refractivity contribution in [1.29, 1.82) is 0 Å². The molecule has 0 aliphatic heterocycles. The van der Waals surface area contributed by atoms with E-state index in [1.807, 2.05) is 40.8 Å². The topological polar surface area (TPSA) is 30.2 Å². The molecule has 2 nitrogen and oxygen atoms in total. The highest BCUT2D eigenvalue weighted by molar-refractivity contribution is 14.1. The summed E-state index contributed by atoms with van der Waals surface area (Å²) in [7, 11) is 0. The van der Waals surface area contributed by atoms with E-state index in [0.29, 0.717) is 14.5 Å². The van der Waals surface area contributed by atoms with Crippen LogP contribution >= 0.6 is 22.6 Å². The van der Waals surface area contributed by atoms with Gasteiger partial charge in [0.05, 0.1) is 8.96 Å². The second-order valence-corrected chi connectivity index (χ2v) is 4.26. The molecule has 0 bridgehead atoms. The van der Waals surface area contributed by atoms with Crippen LogP contribution in [-0.2, 0) is 6.42 Å². The average molecular weight is 300 g/mol. The van der Waals surface area contributed by atoms with Crippen molar-refractivity contribution in [3.63, 3.8) is 0 Å². The molecule has 0 N–H and O–H groups in total. The number of hydrogen-bond donors (Lipinski definition) is 0. The summed E-state index contributed by atoms with van der Waals surface area (Å²) in [6.45, 7) is 2.07. The van der Waals surface area contributed by atoms with Crippen molar-refractivity contribution in [2.45, 2.75) is 13.3 Å². The van der Waals surface area contributed by atoms with Crippen LogP contribution < -0.4 is 5.43 Å². The largest absolute Gasteiger partial charge is 0.463 e. The molecule has 1 aromatic carbocycles. The van der Waals surface area contributed by atoms with E-state index in [1.54, 1.807) is 0 Å². The van der Waals surface area contributed by atoms with Crippen molar-refractivity contribution in [2.75, 3.05) is 0 Å². The van der Waals surface area contributed by atoms with Gasteiger partial charge in [0.1, 0.15) is 11.8 Å². The molecule has 0 amide bonds. The fourth-order valence-electron chi connectivity index (χ4n) is 1.37. The van der Waals surface area contributed by atoms with Crippen LogP contribution in [0.3, 0.4) is 0 Å². The number of hydrogen-bond acceptors (Lipinski definition) is 2. The Morgan fingerprint density at radius 2 is 2.21 bits per heavy atom. The van der Waals surface area contributed by atoms with Gasteiger partial charge >= 0.3 is 0 Å². The molecule has 0 saturated heterocycles. The van der Waals surface area contributed by atoms with E-state index in [-0.39, 0.29) is 5.43 Å². The Morgan fingerprint density at radius 3 is 2.93 bits per heavy atom. The monoisotopic (exact) mass is 300 g/mol. The van der Waals surface area contributed by atoms with Gasteiger partial charge in [-0.05, 0) is 46.7 Å². The van der Waals surface area contributed by atoms with Gasteiger partial charge in [-0.2, -0.15) is 0 Å². The predicted octanol–water partition coefficient (Wildman–Crippen LogP) is 2.96. The van der Waals surface area contributed by atoms with Crippen molar-refractivity contribution in [1.82, 2.24) is 0 Å². The smallest absolute Gasteiger partial charge is 0.205 e. The van der Waals surface area contributed by atoms with Crippen LogP contribution in [-0.4, -0.2) is 0 Å². The summed E-state index contributed by atoms with van der Waals surface area (Å²) >= 11 is 1.99. The predicted molar refractivity (Wildman–Crippen MR) is 64.6 cm³/mol. The molecule has 14 heavy (non-hydrogen) atoms. The molecule has 0 saturated carbocycles. The van der Waals surface area contributed by atoms with Crippen molar-refractivity contribution in [2.24, 2.45) is 0 Å². The van der Waals surface area contributed by atoms with Gasteiger partial charge in [-0.15, -0.1) is 0 Å². The van der Waals surface area contributed by atoms with E-state index in [2.05, 4.69) is 6.92 Å². The lowest BCUT2D eigenvalue weighted by atomic mass is 10.1. The van der Waals surface area contributed by atoms with E-state index in [0.717, 1.165) is 12.0 Å². The number of aryl methyl sites for hydroxylation is 1. The molecule has 72 valence electrons. The zero-order valence-electron chi connectivity index (χ0n) is 7.71. The first-order chi connectivity index (χ1) is 6.72. The summed E-state index contributed by atoms with van der Waals surface area (Å²) < 4.78 is 5.94. The highest BCUT2D eigenvalue weighted by atomic mass is 127. The molecule has 0 aliphatic rings. The Balaban J connectivity index is 2.85. The Morgan fingerprint density at radius 1 is 1.43 bits per heavy atom. The summed E-state index contributed by atoms with van der Waals surface area (Å²) in [6.07, 6.45) is 2.43. The zero-order valence-corrected chi connectivity index (χ0v) is 9.87. The molecule has 0 spiro atoms. The second-order valence-electron chi connectivity index (χ2n) is 3.10. The molecule has 0 unspecified atom stereocenters. The minimum atomic E-state index is 0.0575. The van der Waals surface area contributed by atoms with Crippen LogP contribution in [0.15, 0.2) is 33.7 Å². The third-order valence-electron chi connectivity index (χ3n) is 2.20.